The largest absolute Gasteiger partial charge is 0.399 e. The lowest BCUT2D eigenvalue weighted by Crippen LogP contribution is -2.32. The summed E-state index contributed by atoms with van der Waals surface area (Å²) in [5, 5.41) is 11.6. The average Bonchev–Trinajstić information content (AvgIpc) is 2.31. The van der Waals surface area contributed by atoms with Gasteiger partial charge in [-0.1, -0.05) is 0 Å². The lowest BCUT2D eigenvalue weighted by molar-refractivity contribution is -0.117. The summed E-state index contributed by atoms with van der Waals surface area (Å²) in [6.45, 7) is 2.40. The molecule has 1 unspecified atom stereocenters. The highest BCUT2D eigenvalue weighted by Gasteiger charge is 2.10. The maximum absolute atomic E-state index is 13.4. The molecule has 0 aliphatic heterocycles. The number of halogens is 1. The number of nitrogen functional groups attached to an aromatic ring is 1. The molecule has 19 heavy (non-hydrogen) atoms. The number of nitrogens with one attached hydrogen (secondary N) is 1. The summed E-state index contributed by atoms with van der Waals surface area (Å²) in [6.07, 6.45) is 0.174. The van der Waals surface area contributed by atoms with Gasteiger partial charge in [-0.3, -0.25) is 9.69 Å². The van der Waals surface area contributed by atoms with Crippen LogP contribution >= 0.6 is 0 Å². The number of aliphatic hydroxyl groups excluding tert-OH is 1. The maximum atomic E-state index is 13.4. The highest BCUT2D eigenvalue weighted by atomic mass is 19.1. The van der Waals surface area contributed by atoms with Gasteiger partial charge in [-0.05, 0) is 38.6 Å². The van der Waals surface area contributed by atoms with Crippen molar-refractivity contribution < 1.29 is 14.3 Å². The molecule has 0 aromatic heterocycles. The van der Waals surface area contributed by atoms with Crippen LogP contribution in [0.25, 0.3) is 0 Å². The number of carbonyl (C=O) groups excluding carboxylic acids is 1. The van der Waals surface area contributed by atoms with E-state index in [0.29, 0.717) is 18.7 Å². The van der Waals surface area contributed by atoms with Gasteiger partial charge in [0, 0.05) is 12.2 Å². The number of amides is 1. The van der Waals surface area contributed by atoms with Crippen molar-refractivity contribution in [1.82, 2.24) is 4.90 Å². The van der Waals surface area contributed by atoms with Crippen LogP contribution < -0.4 is 11.1 Å². The molecule has 1 aromatic rings. The van der Waals surface area contributed by atoms with Gasteiger partial charge in [-0.2, -0.15) is 0 Å². The summed E-state index contributed by atoms with van der Waals surface area (Å²) < 4.78 is 13.4. The number of carbonyl (C=O) groups is 1. The molecule has 6 heteroatoms. The third kappa shape index (κ3) is 5.67. The molecule has 0 spiro atoms. The number of hydrogen-bond acceptors (Lipinski definition) is 4. The Morgan fingerprint density at radius 2 is 2.26 bits per heavy atom. The van der Waals surface area contributed by atoms with Crippen molar-refractivity contribution in [2.24, 2.45) is 0 Å². The second-order valence-corrected chi connectivity index (χ2v) is 4.66. The molecule has 0 saturated heterocycles. The Balaban J connectivity index is 2.48. The van der Waals surface area contributed by atoms with Gasteiger partial charge in [0.2, 0.25) is 5.91 Å². The zero-order valence-corrected chi connectivity index (χ0v) is 11.2. The SMILES string of the molecule is CC(O)CCN(C)CC(=O)Nc1cc(N)ccc1F. The molecule has 0 heterocycles. The molecule has 1 amide bonds. The minimum absolute atomic E-state index is 0.0777. The molecule has 0 fully saturated rings. The molecule has 4 N–H and O–H groups in total. The predicted octanol–water partition coefficient (Wildman–Crippen LogP) is 1.05. The molecule has 0 aliphatic carbocycles. The lowest BCUT2D eigenvalue weighted by Gasteiger charge is -2.17. The van der Waals surface area contributed by atoms with E-state index in [1.54, 1.807) is 18.9 Å². The standard InChI is InChI=1S/C13H20FN3O2/c1-9(18)5-6-17(2)8-13(19)16-12-7-10(15)3-4-11(12)14/h3-4,7,9,18H,5-6,8,15H2,1-2H3,(H,16,19). The molecular weight excluding hydrogens is 249 g/mol. The number of anilines is 2. The Bertz CT molecular complexity index is 438. The third-order valence-corrected chi connectivity index (χ3v) is 2.61. The normalized spacial score (nSPS) is 12.5. The van der Waals surface area contributed by atoms with Crippen molar-refractivity contribution >= 4 is 17.3 Å². The fourth-order valence-corrected chi connectivity index (χ4v) is 1.56. The van der Waals surface area contributed by atoms with Crippen molar-refractivity contribution in [2.45, 2.75) is 19.4 Å². The minimum atomic E-state index is -0.519. The quantitative estimate of drug-likeness (QED) is 0.674. The van der Waals surface area contributed by atoms with Crippen LogP contribution in [0, 0.1) is 5.82 Å². The van der Waals surface area contributed by atoms with Crippen LogP contribution in [-0.2, 0) is 4.79 Å². The number of hydrogen-bond donors (Lipinski definition) is 3. The van der Waals surface area contributed by atoms with Crippen LogP contribution in [0.2, 0.25) is 0 Å². The van der Waals surface area contributed by atoms with Gasteiger partial charge in [0.05, 0.1) is 18.3 Å². The summed E-state index contributed by atoms with van der Waals surface area (Å²) in [5.74, 6) is -0.841. The molecule has 1 atom stereocenters. The van der Waals surface area contributed by atoms with E-state index in [1.807, 2.05) is 0 Å². The molecular formula is C13H20FN3O2. The van der Waals surface area contributed by atoms with Gasteiger partial charge >= 0.3 is 0 Å². The van der Waals surface area contributed by atoms with Gasteiger partial charge in [0.15, 0.2) is 0 Å². The summed E-state index contributed by atoms with van der Waals surface area (Å²) >= 11 is 0. The Morgan fingerprint density at radius 3 is 2.89 bits per heavy atom. The summed E-state index contributed by atoms with van der Waals surface area (Å²) in [5.41, 5.74) is 6.00. The molecule has 5 nitrogen and oxygen atoms in total. The van der Waals surface area contributed by atoms with Crippen molar-refractivity contribution in [3.63, 3.8) is 0 Å². The summed E-state index contributed by atoms with van der Waals surface area (Å²) in [4.78, 5) is 13.5. The van der Waals surface area contributed by atoms with Crippen LogP contribution in [0.1, 0.15) is 13.3 Å². The van der Waals surface area contributed by atoms with Crippen LogP contribution in [0.15, 0.2) is 18.2 Å². The van der Waals surface area contributed by atoms with E-state index < -0.39 is 11.9 Å². The first-order valence-corrected chi connectivity index (χ1v) is 6.10. The van der Waals surface area contributed by atoms with E-state index in [-0.39, 0.29) is 18.1 Å². The van der Waals surface area contributed by atoms with Gasteiger partial charge in [-0.25, -0.2) is 4.39 Å². The van der Waals surface area contributed by atoms with Crippen LogP contribution in [0.4, 0.5) is 15.8 Å². The fourth-order valence-electron chi connectivity index (χ4n) is 1.56. The lowest BCUT2D eigenvalue weighted by atomic mass is 10.2. The zero-order valence-electron chi connectivity index (χ0n) is 11.2. The van der Waals surface area contributed by atoms with Crippen molar-refractivity contribution in [3.8, 4) is 0 Å². The smallest absolute Gasteiger partial charge is 0.238 e. The highest BCUT2D eigenvalue weighted by Crippen LogP contribution is 2.17. The number of nitrogens with zero attached hydrogens (tertiary/aromatic N) is 1. The van der Waals surface area contributed by atoms with Crippen LogP contribution in [0.3, 0.4) is 0 Å². The van der Waals surface area contributed by atoms with Crippen LogP contribution in [0.5, 0.6) is 0 Å². The Labute approximate surface area is 112 Å². The topological polar surface area (TPSA) is 78.6 Å². The number of benzene rings is 1. The molecule has 0 bridgehead atoms. The summed E-state index contributed by atoms with van der Waals surface area (Å²) in [6, 6.07) is 4.02. The molecule has 0 saturated carbocycles. The molecule has 0 radical (unpaired) electrons. The van der Waals surface area contributed by atoms with Crippen molar-refractivity contribution in [3.05, 3.63) is 24.0 Å². The molecule has 1 aromatic carbocycles. The number of likely N-dealkylation sites (N-methyl/N-ethyl adjacent to an activating group) is 1. The van der Waals surface area contributed by atoms with Gasteiger partial charge in [0.1, 0.15) is 5.82 Å². The van der Waals surface area contributed by atoms with Crippen molar-refractivity contribution in [1.29, 1.82) is 0 Å². The van der Waals surface area contributed by atoms with Gasteiger partial charge in [0.25, 0.3) is 0 Å². The van der Waals surface area contributed by atoms with E-state index in [2.05, 4.69) is 5.32 Å². The Kier molecular flexibility index (Phi) is 5.72. The molecule has 106 valence electrons. The van der Waals surface area contributed by atoms with E-state index in [9.17, 15) is 9.18 Å². The maximum Gasteiger partial charge on any atom is 0.238 e. The number of rotatable bonds is 6. The number of aliphatic hydroxyl groups is 1. The van der Waals surface area contributed by atoms with Crippen LogP contribution in [-0.4, -0.2) is 42.2 Å². The first-order chi connectivity index (χ1) is 8.88. The first kappa shape index (κ1) is 15.4. The molecule has 0 aliphatic rings. The fraction of sp³-hybridized carbons (Fsp3) is 0.462. The van der Waals surface area contributed by atoms with Gasteiger partial charge < -0.3 is 16.2 Å². The Hall–Kier alpha value is -1.66. The van der Waals surface area contributed by atoms with Gasteiger partial charge in [-0.15, -0.1) is 0 Å². The monoisotopic (exact) mass is 269 g/mol. The highest BCUT2D eigenvalue weighted by molar-refractivity contribution is 5.92. The number of nitrogens with two attached hydrogens (primary N) is 1. The molecule has 1 rings (SSSR count). The average molecular weight is 269 g/mol. The summed E-state index contributed by atoms with van der Waals surface area (Å²) in [7, 11) is 1.76. The van der Waals surface area contributed by atoms with E-state index >= 15 is 0 Å². The second kappa shape index (κ2) is 7.06. The Morgan fingerprint density at radius 1 is 1.58 bits per heavy atom. The van der Waals surface area contributed by atoms with Crippen molar-refractivity contribution in [2.75, 3.05) is 31.2 Å². The van der Waals surface area contributed by atoms with E-state index in [4.69, 9.17) is 10.8 Å². The first-order valence-electron chi connectivity index (χ1n) is 6.10. The second-order valence-electron chi connectivity index (χ2n) is 4.66. The van der Waals surface area contributed by atoms with E-state index in [0.717, 1.165) is 0 Å². The third-order valence-electron chi connectivity index (χ3n) is 2.61. The van der Waals surface area contributed by atoms with E-state index in [1.165, 1.54) is 18.2 Å². The zero-order chi connectivity index (χ0) is 14.4. The predicted molar refractivity (Wildman–Crippen MR) is 73.2 cm³/mol. The minimum Gasteiger partial charge on any atom is -0.399 e.